The van der Waals surface area contributed by atoms with Gasteiger partial charge in [0.05, 0.1) is 6.61 Å². The maximum absolute atomic E-state index is 12.4. The van der Waals surface area contributed by atoms with Crippen molar-refractivity contribution in [3.8, 4) is 0 Å². The second kappa shape index (κ2) is 13.1. The Labute approximate surface area is 93.3 Å². The lowest BCUT2D eigenvalue weighted by Gasteiger charge is -1.99. The van der Waals surface area contributed by atoms with Gasteiger partial charge in [0.15, 0.2) is 0 Å². The number of halogens is 1. The van der Waals surface area contributed by atoms with Crippen molar-refractivity contribution in [2.75, 3.05) is 6.61 Å². The molecule has 1 aromatic carbocycles. The van der Waals surface area contributed by atoms with Crippen LogP contribution in [0.3, 0.4) is 0 Å². The van der Waals surface area contributed by atoms with Crippen LogP contribution >= 0.6 is 0 Å². The van der Waals surface area contributed by atoms with Crippen molar-refractivity contribution < 1.29 is 9.13 Å². The van der Waals surface area contributed by atoms with Gasteiger partial charge in [0.1, 0.15) is 5.82 Å². The summed E-state index contributed by atoms with van der Waals surface area (Å²) in [5.41, 5.74) is 1.01. The summed E-state index contributed by atoms with van der Waals surface area (Å²) < 4.78 is 17.5. The number of benzene rings is 1. The molecule has 1 aromatic rings. The molecule has 0 N–H and O–H groups in total. The zero-order chi connectivity index (χ0) is 12.1. The monoisotopic (exact) mass is 214 g/mol. The Hall–Kier alpha value is -0.890. The maximum Gasteiger partial charge on any atom is 0.123 e. The van der Waals surface area contributed by atoms with Crippen LogP contribution in [0.25, 0.3) is 0 Å². The molecular weight excluding hydrogens is 191 g/mol. The zero-order valence-electron chi connectivity index (χ0n) is 10.5. The third kappa shape index (κ3) is 9.42. The summed E-state index contributed by atoms with van der Waals surface area (Å²) in [7, 11) is 0. The molecule has 0 atom stereocenters. The first-order valence-corrected chi connectivity index (χ1v) is 5.65. The highest BCUT2D eigenvalue weighted by Gasteiger charge is 1.91. The molecule has 0 aliphatic carbocycles. The van der Waals surface area contributed by atoms with Crippen molar-refractivity contribution in [2.24, 2.45) is 0 Å². The minimum absolute atomic E-state index is 0.203. The molecule has 0 aliphatic heterocycles. The Morgan fingerprint density at radius 2 is 1.47 bits per heavy atom. The molecule has 0 aliphatic rings. The normalized spacial score (nSPS) is 8.13. The van der Waals surface area contributed by atoms with E-state index in [0.29, 0.717) is 13.2 Å². The molecule has 0 saturated heterocycles. The van der Waals surface area contributed by atoms with Crippen LogP contribution in [-0.4, -0.2) is 6.61 Å². The van der Waals surface area contributed by atoms with Gasteiger partial charge in [-0.3, -0.25) is 0 Å². The zero-order valence-corrected chi connectivity index (χ0v) is 10.5. The van der Waals surface area contributed by atoms with Crippen molar-refractivity contribution in [3.63, 3.8) is 0 Å². The van der Waals surface area contributed by atoms with Crippen LogP contribution in [0.2, 0.25) is 0 Å². The third-order valence-corrected chi connectivity index (χ3v) is 1.39. The molecule has 15 heavy (non-hydrogen) atoms. The molecule has 0 radical (unpaired) electrons. The molecule has 0 aromatic heterocycles. The fraction of sp³-hybridized carbons (Fsp3) is 0.538. The molecule has 0 bridgehead atoms. The molecule has 0 spiro atoms. The van der Waals surface area contributed by atoms with Gasteiger partial charge in [-0.15, -0.1) is 0 Å². The fourth-order valence-electron chi connectivity index (χ4n) is 0.801. The lowest BCUT2D eigenvalue weighted by molar-refractivity contribution is 0.134. The van der Waals surface area contributed by atoms with E-state index in [4.69, 9.17) is 4.74 Å². The predicted molar refractivity (Wildman–Crippen MR) is 64.4 cm³/mol. The Morgan fingerprint density at radius 3 is 1.87 bits per heavy atom. The number of hydrogen-bond acceptors (Lipinski definition) is 1. The summed E-state index contributed by atoms with van der Waals surface area (Å²) >= 11 is 0. The molecule has 88 valence electrons. The summed E-state index contributed by atoms with van der Waals surface area (Å²) in [6, 6.07) is 6.33. The topological polar surface area (TPSA) is 9.23 Å². The van der Waals surface area contributed by atoms with E-state index in [0.717, 1.165) is 5.56 Å². The van der Waals surface area contributed by atoms with Crippen LogP contribution in [0.5, 0.6) is 0 Å². The van der Waals surface area contributed by atoms with Crippen molar-refractivity contribution in [1.29, 1.82) is 0 Å². The van der Waals surface area contributed by atoms with E-state index >= 15 is 0 Å². The summed E-state index contributed by atoms with van der Waals surface area (Å²) in [6.45, 7) is 11.2. The lowest BCUT2D eigenvalue weighted by Crippen LogP contribution is -1.91. The molecule has 2 heteroatoms. The molecule has 0 unspecified atom stereocenters. The second-order valence-corrected chi connectivity index (χ2v) is 2.26. The van der Waals surface area contributed by atoms with Crippen LogP contribution in [0.15, 0.2) is 24.3 Å². The van der Waals surface area contributed by atoms with Gasteiger partial charge in [-0.1, -0.05) is 39.8 Å². The predicted octanol–water partition coefficient (Wildman–Crippen LogP) is 4.41. The summed E-state index contributed by atoms with van der Waals surface area (Å²) in [4.78, 5) is 0. The average molecular weight is 214 g/mol. The maximum atomic E-state index is 12.4. The summed E-state index contributed by atoms with van der Waals surface area (Å²) in [6.07, 6.45) is 0. The van der Waals surface area contributed by atoms with Crippen molar-refractivity contribution >= 4 is 0 Å². The number of rotatable bonds is 3. The smallest absolute Gasteiger partial charge is 0.123 e. The first-order valence-electron chi connectivity index (χ1n) is 5.65. The lowest BCUT2D eigenvalue weighted by atomic mass is 10.2. The molecule has 0 amide bonds. The molecule has 1 nitrogen and oxygen atoms in total. The van der Waals surface area contributed by atoms with Crippen LogP contribution in [0.1, 0.15) is 40.2 Å². The van der Waals surface area contributed by atoms with Gasteiger partial charge in [0.2, 0.25) is 0 Å². The highest BCUT2D eigenvalue weighted by atomic mass is 19.1. The second-order valence-electron chi connectivity index (χ2n) is 2.26. The molecular formula is C13H23FO. The van der Waals surface area contributed by atoms with Crippen LogP contribution in [-0.2, 0) is 11.3 Å². The van der Waals surface area contributed by atoms with Crippen molar-refractivity contribution in [3.05, 3.63) is 35.6 Å². The van der Waals surface area contributed by atoms with E-state index in [2.05, 4.69) is 0 Å². The molecule has 0 saturated carbocycles. The Bertz CT molecular complexity index is 206. The highest BCUT2D eigenvalue weighted by Crippen LogP contribution is 2.03. The summed E-state index contributed by atoms with van der Waals surface area (Å²) in [5.74, 6) is -0.203. The van der Waals surface area contributed by atoms with Gasteiger partial charge in [0, 0.05) is 6.61 Å². The van der Waals surface area contributed by atoms with Gasteiger partial charge in [-0.2, -0.15) is 0 Å². The van der Waals surface area contributed by atoms with E-state index in [1.165, 1.54) is 12.1 Å². The van der Waals surface area contributed by atoms with E-state index in [-0.39, 0.29) is 5.82 Å². The molecule has 1 rings (SSSR count). The van der Waals surface area contributed by atoms with Gasteiger partial charge in [-0.25, -0.2) is 4.39 Å². The Kier molecular flexibility index (Phi) is 14.5. The van der Waals surface area contributed by atoms with Gasteiger partial charge < -0.3 is 4.74 Å². The van der Waals surface area contributed by atoms with Crippen LogP contribution in [0, 0.1) is 5.82 Å². The molecule has 0 fully saturated rings. The largest absolute Gasteiger partial charge is 0.377 e. The van der Waals surface area contributed by atoms with Crippen molar-refractivity contribution in [1.82, 2.24) is 0 Å². The quantitative estimate of drug-likeness (QED) is 0.724. The number of hydrogen-bond donors (Lipinski definition) is 0. The Balaban J connectivity index is 0. The van der Waals surface area contributed by atoms with E-state index in [9.17, 15) is 4.39 Å². The van der Waals surface area contributed by atoms with Gasteiger partial charge in [0.25, 0.3) is 0 Å². The van der Waals surface area contributed by atoms with Gasteiger partial charge >= 0.3 is 0 Å². The molecule has 0 heterocycles. The fourth-order valence-corrected chi connectivity index (χ4v) is 0.801. The Morgan fingerprint density at radius 1 is 1.00 bits per heavy atom. The standard InChI is InChI=1S/C9H11FO.2C2H6/c1-2-11-7-8-3-5-9(10)6-4-8;2*1-2/h3-6H,2,7H2,1H3;2*1-2H3. The van der Waals surface area contributed by atoms with E-state index < -0.39 is 0 Å². The number of ether oxygens (including phenoxy) is 1. The SMILES string of the molecule is CC.CC.CCOCc1ccc(F)cc1. The highest BCUT2D eigenvalue weighted by molar-refractivity contribution is 5.14. The summed E-state index contributed by atoms with van der Waals surface area (Å²) in [5, 5.41) is 0. The van der Waals surface area contributed by atoms with Gasteiger partial charge in [-0.05, 0) is 24.6 Å². The third-order valence-electron chi connectivity index (χ3n) is 1.39. The van der Waals surface area contributed by atoms with Crippen LogP contribution in [0.4, 0.5) is 4.39 Å². The van der Waals surface area contributed by atoms with Crippen molar-refractivity contribution in [2.45, 2.75) is 41.2 Å². The minimum Gasteiger partial charge on any atom is -0.377 e. The van der Waals surface area contributed by atoms with E-state index in [1.807, 2.05) is 34.6 Å². The van der Waals surface area contributed by atoms with Crippen LogP contribution < -0.4 is 0 Å². The average Bonchev–Trinajstić information content (AvgIpc) is 2.34. The van der Waals surface area contributed by atoms with E-state index in [1.54, 1.807) is 12.1 Å². The first-order chi connectivity index (χ1) is 7.33. The first kappa shape index (κ1) is 16.5. The minimum atomic E-state index is -0.203.